The SMILES string of the molecule is Cc1ccc2c(NC(=O)N3CCCC(C(=O)CCC4CCCC(C)C4)C3)c(C(N)=O)oc2n1. The molecule has 2 aromatic rings. The lowest BCUT2D eigenvalue weighted by Crippen LogP contribution is -2.44. The summed E-state index contributed by atoms with van der Waals surface area (Å²) >= 11 is 0. The first-order valence-electron chi connectivity index (χ1n) is 12.1. The lowest BCUT2D eigenvalue weighted by atomic mass is 9.79. The highest BCUT2D eigenvalue weighted by Gasteiger charge is 2.30. The molecular weight excluding hydrogens is 420 g/mol. The number of likely N-dealkylation sites (tertiary alicyclic amines) is 1. The molecule has 3 heterocycles. The number of hydrogen-bond acceptors (Lipinski definition) is 5. The van der Waals surface area contributed by atoms with E-state index in [9.17, 15) is 14.4 Å². The average molecular weight is 455 g/mol. The summed E-state index contributed by atoms with van der Waals surface area (Å²) in [7, 11) is 0. The van der Waals surface area contributed by atoms with Crippen LogP contribution in [0.3, 0.4) is 0 Å². The molecule has 3 amide bonds. The van der Waals surface area contributed by atoms with Gasteiger partial charge in [-0.2, -0.15) is 0 Å². The van der Waals surface area contributed by atoms with E-state index in [4.69, 9.17) is 10.2 Å². The maximum atomic E-state index is 13.0. The molecule has 0 radical (unpaired) electrons. The summed E-state index contributed by atoms with van der Waals surface area (Å²) in [6.45, 7) is 5.07. The van der Waals surface area contributed by atoms with Gasteiger partial charge in [0.15, 0.2) is 0 Å². The minimum absolute atomic E-state index is 0.122. The molecule has 2 aromatic heterocycles. The van der Waals surface area contributed by atoms with Gasteiger partial charge in [0.25, 0.3) is 5.91 Å². The number of piperidine rings is 1. The number of hydrogen-bond donors (Lipinski definition) is 2. The van der Waals surface area contributed by atoms with Crippen molar-refractivity contribution >= 4 is 34.5 Å². The fourth-order valence-electron chi connectivity index (χ4n) is 5.35. The third-order valence-corrected chi connectivity index (χ3v) is 7.16. The van der Waals surface area contributed by atoms with Crippen molar-refractivity contribution < 1.29 is 18.8 Å². The number of anilines is 1. The Hall–Kier alpha value is -2.90. The molecule has 0 aromatic carbocycles. The molecule has 178 valence electrons. The molecule has 3 N–H and O–H groups in total. The van der Waals surface area contributed by atoms with Crippen molar-refractivity contribution in [1.29, 1.82) is 0 Å². The molecule has 2 aliphatic rings. The molecule has 3 unspecified atom stereocenters. The zero-order valence-corrected chi connectivity index (χ0v) is 19.6. The number of pyridine rings is 1. The van der Waals surface area contributed by atoms with Gasteiger partial charge in [-0.3, -0.25) is 9.59 Å². The number of furan rings is 1. The summed E-state index contributed by atoms with van der Waals surface area (Å²) in [6, 6.07) is 3.16. The van der Waals surface area contributed by atoms with E-state index >= 15 is 0 Å². The fourth-order valence-corrected chi connectivity index (χ4v) is 5.35. The van der Waals surface area contributed by atoms with Crippen LogP contribution in [-0.2, 0) is 4.79 Å². The Morgan fingerprint density at radius 1 is 1.21 bits per heavy atom. The van der Waals surface area contributed by atoms with Crippen molar-refractivity contribution in [1.82, 2.24) is 9.88 Å². The number of primary amides is 1. The Labute approximate surface area is 194 Å². The largest absolute Gasteiger partial charge is 0.430 e. The Bertz CT molecular complexity index is 1050. The molecule has 1 saturated carbocycles. The Balaban J connectivity index is 1.39. The molecule has 3 atom stereocenters. The summed E-state index contributed by atoms with van der Waals surface area (Å²) in [5, 5.41) is 3.32. The van der Waals surface area contributed by atoms with Crippen LogP contribution in [0.1, 0.15) is 74.5 Å². The molecule has 1 aliphatic carbocycles. The van der Waals surface area contributed by atoms with Crippen LogP contribution < -0.4 is 11.1 Å². The second-order valence-corrected chi connectivity index (χ2v) is 9.83. The lowest BCUT2D eigenvalue weighted by molar-refractivity contribution is -0.124. The minimum atomic E-state index is -0.773. The van der Waals surface area contributed by atoms with E-state index in [0.29, 0.717) is 30.8 Å². The first kappa shape index (κ1) is 23.3. The summed E-state index contributed by atoms with van der Waals surface area (Å²) in [5.74, 6) is 0.645. The third-order valence-electron chi connectivity index (χ3n) is 7.16. The van der Waals surface area contributed by atoms with Gasteiger partial charge in [-0.1, -0.05) is 26.2 Å². The smallest absolute Gasteiger partial charge is 0.321 e. The van der Waals surface area contributed by atoms with Crippen LogP contribution in [0.2, 0.25) is 0 Å². The summed E-state index contributed by atoms with van der Waals surface area (Å²) < 4.78 is 5.51. The van der Waals surface area contributed by atoms with Gasteiger partial charge in [-0.15, -0.1) is 0 Å². The molecule has 0 bridgehead atoms. The number of amides is 3. The standard InChI is InChI=1S/C25H34N4O4/c1-15-5-3-6-17(13-15)9-11-20(30)18-7-4-12-29(14-18)25(32)28-21-19-10-8-16(2)27-24(19)33-22(21)23(26)31/h8,10,15,17-18H,3-7,9,11-14H2,1-2H3,(H2,26,31)(H,28,32). The molecule has 33 heavy (non-hydrogen) atoms. The summed E-state index contributed by atoms with van der Waals surface area (Å²) in [5.41, 5.74) is 6.68. The monoisotopic (exact) mass is 454 g/mol. The maximum absolute atomic E-state index is 13.0. The number of rotatable bonds is 6. The van der Waals surface area contributed by atoms with Crippen molar-refractivity contribution in [2.24, 2.45) is 23.5 Å². The second-order valence-electron chi connectivity index (χ2n) is 9.83. The van der Waals surface area contributed by atoms with Gasteiger partial charge in [0.05, 0.1) is 5.39 Å². The van der Waals surface area contributed by atoms with Crippen LogP contribution in [0, 0.1) is 24.7 Å². The molecule has 8 heteroatoms. The Morgan fingerprint density at radius 3 is 2.79 bits per heavy atom. The number of nitrogens with zero attached hydrogens (tertiary/aromatic N) is 2. The molecule has 4 rings (SSSR count). The quantitative estimate of drug-likeness (QED) is 0.658. The number of carbonyl (C=O) groups excluding carboxylic acids is 3. The van der Waals surface area contributed by atoms with E-state index in [-0.39, 0.29) is 34.9 Å². The van der Waals surface area contributed by atoms with Crippen LogP contribution in [0.4, 0.5) is 10.5 Å². The van der Waals surface area contributed by atoms with Gasteiger partial charge in [0.1, 0.15) is 11.5 Å². The minimum Gasteiger partial charge on any atom is -0.430 e. The first-order valence-corrected chi connectivity index (χ1v) is 12.1. The zero-order valence-electron chi connectivity index (χ0n) is 19.6. The topological polar surface area (TPSA) is 119 Å². The van der Waals surface area contributed by atoms with E-state index in [1.165, 1.54) is 25.7 Å². The van der Waals surface area contributed by atoms with Crippen molar-refractivity contribution in [2.45, 2.75) is 65.2 Å². The van der Waals surface area contributed by atoms with E-state index in [2.05, 4.69) is 17.2 Å². The van der Waals surface area contributed by atoms with Crippen molar-refractivity contribution in [3.63, 3.8) is 0 Å². The number of urea groups is 1. The van der Waals surface area contributed by atoms with Gasteiger partial charge in [-0.25, -0.2) is 9.78 Å². The van der Waals surface area contributed by atoms with Crippen LogP contribution >= 0.6 is 0 Å². The number of Topliss-reactive ketones (excluding diaryl/α,β-unsaturated/α-hetero) is 1. The number of aromatic nitrogens is 1. The van der Waals surface area contributed by atoms with Crippen LogP contribution in [0.15, 0.2) is 16.5 Å². The number of nitrogens with one attached hydrogen (secondary N) is 1. The molecule has 8 nitrogen and oxygen atoms in total. The predicted molar refractivity (Wildman–Crippen MR) is 126 cm³/mol. The lowest BCUT2D eigenvalue weighted by Gasteiger charge is -2.32. The molecule has 0 spiro atoms. The zero-order chi connectivity index (χ0) is 23.5. The van der Waals surface area contributed by atoms with Crippen molar-refractivity contribution in [3.8, 4) is 0 Å². The highest BCUT2D eigenvalue weighted by Crippen LogP contribution is 2.33. The summed E-state index contributed by atoms with van der Waals surface area (Å²) in [6.07, 6.45) is 8.17. The molecule has 1 saturated heterocycles. The third kappa shape index (κ3) is 5.37. The predicted octanol–water partition coefficient (Wildman–Crippen LogP) is 4.65. The van der Waals surface area contributed by atoms with Gasteiger partial charge >= 0.3 is 6.03 Å². The molecular formula is C25H34N4O4. The van der Waals surface area contributed by atoms with Gasteiger partial charge in [0.2, 0.25) is 11.5 Å². The van der Waals surface area contributed by atoms with Crippen LogP contribution in [0.5, 0.6) is 0 Å². The number of ketones is 1. The Morgan fingerprint density at radius 2 is 2.03 bits per heavy atom. The normalized spacial score (nSPS) is 23.5. The van der Waals surface area contributed by atoms with Gasteiger partial charge in [0, 0.05) is 31.1 Å². The highest BCUT2D eigenvalue weighted by molar-refractivity contribution is 6.09. The molecule has 2 fully saturated rings. The van der Waals surface area contributed by atoms with E-state index < -0.39 is 5.91 Å². The van der Waals surface area contributed by atoms with E-state index in [1.807, 2.05) is 6.92 Å². The van der Waals surface area contributed by atoms with Gasteiger partial charge < -0.3 is 20.4 Å². The van der Waals surface area contributed by atoms with Crippen molar-refractivity contribution in [2.75, 3.05) is 18.4 Å². The highest BCUT2D eigenvalue weighted by atomic mass is 16.4. The maximum Gasteiger partial charge on any atom is 0.321 e. The number of nitrogens with two attached hydrogens (primary N) is 1. The molecule has 1 aliphatic heterocycles. The number of carbonyl (C=O) groups is 3. The fraction of sp³-hybridized carbons (Fsp3) is 0.600. The van der Waals surface area contributed by atoms with E-state index in [1.54, 1.807) is 17.0 Å². The van der Waals surface area contributed by atoms with Crippen LogP contribution in [0.25, 0.3) is 11.1 Å². The van der Waals surface area contributed by atoms with Crippen molar-refractivity contribution in [3.05, 3.63) is 23.6 Å². The van der Waals surface area contributed by atoms with Gasteiger partial charge in [-0.05, 0) is 56.6 Å². The second kappa shape index (κ2) is 9.93. The summed E-state index contributed by atoms with van der Waals surface area (Å²) in [4.78, 5) is 43.8. The average Bonchev–Trinajstić information content (AvgIpc) is 3.15. The van der Waals surface area contributed by atoms with Crippen LogP contribution in [-0.4, -0.2) is 40.7 Å². The van der Waals surface area contributed by atoms with E-state index in [0.717, 1.165) is 30.9 Å². The Kier molecular flexibility index (Phi) is 7.00. The first-order chi connectivity index (χ1) is 15.8. The number of aryl methyl sites for hydroxylation is 1. The number of fused-ring (bicyclic) bond motifs is 1.